The van der Waals surface area contributed by atoms with E-state index in [9.17, 15) is 4.39 Å². The minimum atomic E-state index is -0.378. The SMILES string of the molecule is COc1ccc(-c2csc(NCCc3ccccc3)n2)cc1F. The summed E-state index contributed by atoms with van der Waals surface area (Å²) in [6.07, 6.45) is 0.937. The van der Waals surface area contributed by atoms with Crippen molar-refractivity contribution in [3.63, 3.8) is 0 Å². The minimum Gasteiger partial charge on any atom is -0.494 e. The van der Waals surface area contributed by atoms with Crippen molar-refractivity contribution in [2.75, 3.05) is 19.0 Å². The van der Waals surface area contributed by atoms with Crippen LogP contribution < -0.4 is 10.1 Å². The number of hydrogen-bond donors (Lipinski definition) is 1. The fourth-order valence-electron chi connectivity index (χ4n) is 2.27. The maximum absolute atomic E-state index is 13.8. The van der Waals surface area contributed by atoms with Crippen LogP contribution >= 0.6 is 11.3 Å². The Labute approximate surface area is 138 Å². The Hall–Kier alpha value is -2.40. The summed E-state index contributed by atoms with van der Waals surface area (Å²) in [4.78, 5) is 4.51. The highest BCUT2D eigenvalue weighted by Gasteiger charge is 2.08. The fourth-order valence-corrected chi connectivity index (χ4v) is 3.02. The van der Waals surface area contributed by atoms with Crippen molar-refractivity contribution in [2.45, 2.75) is 6.42 Å². The molecule has 0 spiro atoms. The van der Waals surface area contributed by atoms with Gasteiger partial charge >= 0.3 is 0 Å². The Balaban J connectivity index is 1.63. The molecule has 1 N–H and O–H groups in total. The second kappa shape index (κ2) is 7.24. The second-order valence-electron chi connectivity index (χ2n) is 5.05. The average molecular weight is 328 g/mol. The maximum atomic E-state index is 13.8. The summed E-state index contributed by atoms with van der Waals surface area (Å²) in [6, 6.07) is 15.2. The normalized spacial score (nSPS) is 10.5. The summed E-state index contributed by atoms with van der Waals surface area (Å²) >= 11 is 1.52. The van der Waals surface area contributed by atoms with Gasteiger partial charge in [-0.05, 0) is 30.2 Å². The first-order valence-corrected chi connectivity index (χ1v) is 8.21. The number of ether oxygens (including phenoxy) is 1. The van der Waals surface area contributed by atoms with E-state index < -0.39 is 0 Å². The Bertz CT molecular complexity index is 774. The lowest BCUT2D eigenvalue weighted by molar-refractivity contribution is 0.386. The number of halogens is 1. The molecule has 0 atom stereocenters. The largest absolute Gasteiger partial charge is 0.494 e. The van der Waals surface area contributed by atoms with Crippen LogP contribution in [-0.2, 0) is 6.42 Å². The molecule has 3 rings (SSSR count). The van der Waals surface area contributed by atoms with Gasteiger partial charge in [0.15, 0.2) is 16.7 Å². The molecule has 1 aromatic heterocycles. The molecule has 0 fully saturated rings. The molecule has 0 amide bonds. The molecule has 3 aromatic rings. The molecule has 0 aliphatic rings. The maximum Gasteiger partial charge on any atom is 0.183 e. The van der Waals surface area contributed by atoms with E-state index in [0.29, 0.717) is 0 Å². The molecule has 2 aromatic carbocycles. The van der Waals surface area contributed by atoms with Crippen molar-refractivity contribution in [3.05, 3.63) is 65.3 Å². The zero-order valence-corrected chi connectivity index (χ0v) is 13.6. The van der Waals surface area contributed by atoms with E-state index in [4.69, 9.17) is 4.74 Å². The zero-order valence-electron chi connectivity index (χ0n) is 12.8. The van der Waals surface area contributed by atoms with E-state index in [-0.39, 0.29) is 11.6 Å². The first kappa shape index (κ1) is 15.5. The lowest BCUT2D eigenvalue weighted by atomic mass is 10.1. The molecule has 0 unspecified atom stereocenters. The van der Waals surface area contributed by atoms with Crippen molar-refractivity contribution in [2.24, 2.45) is 0 Å². The predicted molar refractivity (Wildman–Crippen MR) is 92.7 cm³/mol. The lowest BCUT2D eigenvalue weighted by Gasteiger charge is -2.04. The quantitative estimate of drug-likeness (QED) is 0.717. The zero-order chi connectivity index (χ0) is 16.1. The van der Waals surface area contributed by atoms with Gasteiger partial charge in [0.05, 0.1) is 12.8 Å². The Morgan fingerprint density at radius 1 is 1.17 bits per heavy atom. The van der Waals surface area contributed by atoms with Gasteiger partial charge in [-0.25, -0.2) is 9.37 Å². The van der Waals surface area contributed by atoms with Gasteiger partial charge in [0.2, 0.25) is 0 Å². The molecule has 1 heterocycles. The predicted octanol–water partition coefficient (Wildman–Crippen LogP) is 4.61. The number of anilines is 1. The number of benzene rings is 2. The van der Waals surface area contributed by atoms with Gasteiger partial charge in [-0.1, -0.05) is 30.3 Å². The smallest absolute Gasteiger partial charge is 0.183 e. The van der Waals surface area contributed by atoms with Crippen molar-refractivity contribution >= 4 is 16.5 Å². The molecule has 3 nitrogen and oxygen atoms in total. The van der Waals surface area contributed by atoms with Crippen LogP contribution in [-0.4, -0.2) is 18.6 Å². The number of rotatable bonds is 6. The Morgan fingerprint density at radius 2 is 2.00 bits per heavy atom. The average Bonchev–Trinajstić information content (AvgIpc) is 3.05. The molecule has 5 heteroatoms. The standard InChI is InChI=1S/C18H17FN2OS/c1-22-17-8-7-14(11-15(17)19)16-12-23-18(21-16)20-10-9-13-5-3-2-4-6-13/h2-8,11-12H,9-10H2,1H3,(H,20,21). The number of methoxy groups -OCH3 is 1. The number of nitrogens with zero attached hydrogens (tertiary/aromatic N) is 1. The molecular weight excluding hydrogens is 311 g/mol. The van der Waals surface area contributed by atoms with Gasteiger partial charge in [0, 0.05) is 17.5 Å². The van der Waals surface area contributed by atoms with Gasteiger partial charge in [-0.3, -0.25) is 0 Å². The van der Waals surface area contributed by atoms with Crippen LogP contribution in [0.2, 0.25) is 0 Å². The van der Waals surface area contributed by atoms with Gasteiger partial charge in [-0.2, -0.15) is 0 Å². The number of nitrogens with one attached hydrogen (secondary N) is 1. The topological polar surface area (TPSA) is 34.1 Å². The number of hydrogen-bond acceptors (Lipinski definition) is 4. The van der Waals surface area contributed by atoms with E-state index in [1.165, 1.54) is 30.1 Å². The van der Waals surface area contributed by atoms with Crippen LogP contribution in [0.3, 0.4) is 0 Å². The lowest BCUT2D eigenvalue weighted by Crippen LogP contribution is -2.04. The molecule has 118 valence electrons. The molecular formula is C18H17FN2OS. The number of aromatic nitrogens is 1. The summed E-state index contributed by atoms with van der Waals surface area (Å²) < 4.78 is 18.7. The highest BCUT2D eigenvalue weighted by molar-refractivity contribution is 7.14. The number of thiazole rings is 1. The molecule has 23 heavy (non-hydrogen) atoms. The van der Waals surface area contributed by atoms with Crippen LogP contribution in [0.15, 0.2) is 53.9 Å². The first-order chi connectivity index (χ1) is 11.3. The van der Waals surface area contributed by atoms with E-state index in [1.807, 2.05) is 29.6 Å². The highest BCUT2D eigenvalue weighted by Crippen LogP contribution is 2.28. The molecule has 0 saturated carbocycles. The van der Waals surface area contributed by atoms with Gasteiger partial charge in [0.25, 0.3) is 0 Å². The van der Waals surface area contributed by atoms with Crippen LogP contribution in [0, 0.1) is 5.82 Å². The van der Waals surface area contributed by atoms with Crippen molar-refractivity contribution in [1.82, 2.24) is 4.98 Å². The monoisotopic (exact) mass is 328 g/mol. The highest BCUT2D eigenvalue weighted by atomic mass is 32.1. The molecule has 0 radical (unpaired) electrons. The minimum absolute atomic E-state index is 0.241. The summed E-state index contributed by atoms with van der Waals surface area (Å²) in [7, 11) is 1.45. The first-order valence-electron chi connectivity index (χ1n) is 7.33. The summed E-state index contributed by atoms with van der Waals surface area (Å²) in [5.41, 5.74) is 2.79. The Morgan fingerprint density at radius 3 is 2.74 bits per heavy atom. The van der Waals surface area contributed by atoms with Crippen LogP contribution in [0.1, 0.15) is 5.56 Å². The summed E-state index contributed by atoms with van der Waals surface area (Å²) in [5, 5.41) is 6.07. The van der Waals surface area contributed by atoms with E-state index in [2.05, 4.69) is 22.4 Å². The van der Waals surface area contributed by atoms with Gasteiger partial charge < -0.3 is 10.1 Å². The fraction of sp³-hybridized carbons (Fsp3) is 0.167. The summed E-state index contributed by atoms with van der Waals surface area (Å²) in [6.45, 7) is 0.813. The van der Waals surface area contributed by atoms with E-state index in [1.54, 1.807) is 6.07 Å². The van der Waals surface area contributed by atoms with Crippen molar-refractivity contribution in [3.8, 4) is 17.0 Å². The van der Waals surface area contributed by atoms with E-state index in [0.717, 1.165) is 29.4 Å². The third kappa shape index (κ3) is 3.87. The van der Waals surface area contributed by atoms with Gasteiger partial charge in [0.1, 0.15) is 0 Å². The van der Waals surface area contributed by atoms with Crippen molar-refractivity contribution < 1.29 is 9.13 Å². The van der Waals surface area contributed by atoms with Crippen molar-refractivity contribution in [1.29, 1.82) is 0 Å². The second-order valence-corrected chi connectivity index (χ2v) is 5.91. The summed E-state index contributed by atoms with van der Waals surface area (Å²) in [5.74, 6) is -0.137. The van der Waals surface area contributed by atoms with E-state index >= 15 is 0 Å². The molecule has 0 saturated heterocycles. The van der Waals surface area contributed by atoms with Crippen LogP contribution in [0.5, 0.6) is 5.75 Å². The Kier molecular flexibility index (Phi) is 4.88. The third-order valence-electron chi connectivity index (χ3n) is 3.48. The molecule has 0 aliphatic carbocycles. The van der Waals surface area contributed by atoms with Crippen LogP contribution in [0.4, 0.5) is 9.52 Å². The van der Waals surface area contributed by atoms with Crippen LogP contribution in [0.25, 0.3) is 11.3 Å². The third-order valence-corrected chi connectivity index (χ3v) is 4.28. The molecule has 0 aliphatic heterocycles. The van der Waals surface area contributed by atoms with Gasteiger partial charge in [-0.15, -0.1) is 11.3 Å². The molecule has 0 bridgehead atoms.